The second-order valence-electron chi connectivity index (χ2n) is 13.3. The van der Waals surface area contributed by atoms with Crippen LogP contribution >= 0.6 is 0 Å². The fourth-order valence-electron chi connectivity index (χ4n) is 4.14. The van der Waals surface area contributed by atoms with Gasteiger partial charge in [0.15, 0.2) is 0 Å². The van der Waals surface area contributed by atoms with E-state index in [1.165, 1.54) is 12.2 Å². The lowest BCUT2D eigenvalue weighted by Crippen LogP contribution is -2.56. The number of esters is 1. The summed E-state index contributed by atoms with van der Waals surface area (Å²) in [5.41, 5.74) is 0.114. The number of hydrazine groups is 2. The molecule has 0 aliphatic carbocycles. The Morgan fingerprint density at radius 1 is 0.648 bits per heavy atom. The van der Waals surface area contributed by atoms with Crippen LogP contribution in [0.3, 0.4) is 0 Å². The van der Waals surface area contributed by atoms with Gasteiger partial charge >= 0.3 is 36.2 Å². The second kappa shape index (κ2) is 22.8. The van der Waals surface area contributed by atoms with E-state index in [2.05, 4.69) is 23.8 Å². The number of carboxylic acid groups (broad SMARTS) is 1. The molecule has 296 valence electrons. The van der Waals surface area contributed by atoms with Crippen molar-refractivity contribution in [2.45, 2.75) is 72.8 Å². The smallest absolute Gasteiger partial charge is 0.430 e. The van der Waals surface area contributed by atoms with Gasteiger partial charge in [-0.3, -0.25) is 9.59 Å². The monoisotopic (exact) mass is 754 g/mol. The van der Waals surface area contributed by atoms with Crippen LogP contribution < -0.4 is 10.6 Å². The highest BCUT2D eigenvalue weighted by Crippen LogP contribution is 2.14. The number of carbonyl (C=O) groups excluding carboxylic acids is 5. The summed E-state index contributed by atoms with van der Waals surface area (Å²) >= 11 is 0. The zero-order chi connectivity index (χ0) is 40.9. The highest BCUT2D eigenvalue weighted by molar-refractivity contribution is 5.83. The maximum Gasteiger partial charge on any atom is 0.430 e. The fraction of sp³-hybridized carbons (Fsp3) is 0.421. The summed E-state index contributed by atoms with van der Waals surface area (Å²) in [6.07, 6.45) is 1.07. The minimum absolute atomic E-state index is 0.000723. The molecule has 6 amide bonds. The van der Waals surface area contributed by atoms with Crippen molar-refractivity contribution in [3.05, 3.63) is 97.1 Å². The van der Waals surface area contributed by atoms with E-state index in [1.54, 1.807) is 48.5 Å². The Bertz CT molecular complexity index is 1540. The van der Waals surface area contributed by atoms with Crippen LogP contribution in [0.1, 0.15) is 59.6 Å². The van der Waals surface area contributed by atoms with Crippen LogP contribution in [0.25, 0.3) is 0 Å². The lowest BCUT2D eigenvalue weighted by molar-refractivity contribution is -0.147. The molecule has 16 nitrogen and oxygen atoms in total. The number of ether oxygens (including phenoxy) is 3. The first kappa shape index (κ1) is 46.0. The summed E-state index contributed by atoms with van der Waals surface area (Å²) in [4.78, 5) is 73.4. The number of nitrogens with one attached hydrogen (secondary N) is 2. The maximum absolute atomic E-state index is 12.7. The summed E-state index contributed by atoms with van der Waals surface area (Å²) < 4.78 is 15.5. The van der Waals surface area contributed by atoms with Gasteiger partial charge in [-0.1, -0.05) is 72.8 Å². The Balaban J connectivity index is 0.000000541. The number of nitrogens with zero attached hydrogens (tertiary/aromatic N) is 4. The van der Waals surface area contributed by atoms with Gasteiger partial charge in [0.2, 0.25) is 0 Å². The van der Waals surface area contributed by atoms with E-state index in [0.717, 1.165) is 31.2 Å². The highest BCUT2D eigenvalue weighted by Gasteiger charge is 2.33. The summed E-state index contributed by atoms with van der Waals surface area (Å²) in [6, 6.07) is 17.3. The van der Waals surface area contributed by atoms with Crippen LogP contribution in [0.4, 0.5) is 19.2 Å². The van der Waals surface area contributed by atoms with Crippen LogP contribution in [-0.4, -0.2) is 105 Å². The third-order valence-electron chi connectivity index (χ3n) is 6.31. The average Bonchev–Trinajstić information content (AvgIpc) is 3.09. The summed E-state index contributed by atoms with van der Waals surface area (Å²) in [5.74, 6) is -1.93. The van der Waals surface area contributed by atoms with Gasteiger partial charge in [0.1, 0.15) is 24.3 Å². The van der Waals surface area contributed by atoms with Gasteiger partial charge in [-0.25, -0.2) is 39.2 Å². The van der Waals surface area contributed by atoms with Gasteiger partial charge in [0.05, 0.1) is 19.7 Å². The van der Waals surface area contributed by atoms with Gasteiger partial charge in [0.25, 0.3) is 0 Å². The normalized spacial score (nSPS) is 10.6. The molecule has 0 saturated heterocycles. The highest BCUT2D eigenvalue weighted by atomic mass is 16.6. The summed E-state index contributed by atoms with van der Waals surface area (Å²) in [6.45, 7) is 18.2. The lowest BCUT2D eigenvalue weighted by Gasteiger charge is -2.34. The van der Waals surface area contributed by atoms with Crippen LogP contribution in [0.15, 0.2) is 86.0 Å². The number of hydrogen-bond donors (Lipinski definition) is 3. The van der Waals surface area contributed by atoms with E-state index < -0.39 is 60.5 Å². The Labute approximate surface area is 317 Å². The van der Waals surface area contributed by atoms with Crippen molar-refractivity contribution >= 4 is 36.2 Å². The Kier molecular flexibility index (Phi) is 19.4. The number of urea groups is 2. The zero-order valence-corrected chi connectivity index (χ0v) is 32.2. The molecule has 0 saturated carbocycles. The molecule has 0 atom stereocenters. The molecule has 0 bridgehead atoms. The van der Waals surface area contributed by atoms with E-state index >= 15 is 0 Å². The van der Waals surface area contributed by atoms with Gasteiger partial charge in [0, 0.05) is 13.1 Å². The molecule has 0 heterocycles. The van der Waals surface area contributed by atoms with Gasteiger partial charge < -0.3 is 30.0 Å². The third kappa shape index (κ3) is 18.4. The first-order valence-electron chi connectivity index (χ1n) is 17.1. The topological polar surface area (TPSA) is 187 Å². The Morgan fingerprint density at radius 2 is 1.02 bits per heavy atom. The largest absolute Gasteiger partial charge is 0.480 e. The quantitative estimate of drug-likeness (QED) is 0.0988. The SMILES string of the molecule is C=CCN(C(=O)NCc1ccccc1)N(CC(=O)O)C(=O)OC(C)(C)C.C=CCN(C(=O)NCc1ccccc1)N(CC(=O)OCC)C(=O)OC(C)(C)C. The van der Waals surface area contributed by atoms with E-state index in [4.69, 9.17) is 19.3 Å². The standard InChI is InChI=1S/C20H29N3O5.C18H25N3O5/c1-6-13-22(18(25)21-14-16-11-9-8-10-12-16)23(15-17(24)27-7-2)19(26)28-20(3,4)5;1-5-11-20(16(24)19-12-14-9-7-6-8-10-14)21(13-15(22)23)17(25)26-18(2,3)4/h6,8-12H,1,7,13-15H2,2-5H3,(H,21,25);5-10H,1,11-13H2,2-4H3,(H,19,24)(H,22,23). The molecule has 3 N–H and O–H groups in total. The second-order valence-corrected chi connectivity index (χ2v) is 13.3. The van der Waals surface area contributed by atoms with Crippen molar-refractivity contribution in [2.24, 2.45) is 0 Å². The van der Waals surface area contributed by atoms with Crippen molar-refractivity contribution in [3.63, 3.8) is 0 Å². The van der Waals surface area contributed by atoms with E-state index in [0.29, 0.717) is 0 Å². The van der Waals surface area contributed by atoms with Crippen molar-refractivity contribution in [2.75, 3.05) is 32.8 Å². The van der Waals surface area contributed by atoms with Gasteiger partial charge in [-0.15, -0.1) is 13.2 Å². The molecule has 2 aromatic rings. The molecule has 2 rings (SSSR count). The predicted molar refractivity (Wildman–Crippen MR) is 201 cm³/mol. The molecule has 0 aromatic heterocycles. The molecule has 2 aromatic carbocycles. The van der Waals surface area contributed by atoms with Crippen molar-refractivity contribution < 1.29 is 48.1 Å². The summed E-state index contributed by atoms with van der Waals surface area (Å²) in [7, 11) is 0. The number of rotatable bonds is 13. The molecule has 0 fully saturated rings. The Morgan fingerprint density at radius 3 is 1.33 bits per heavy atom. The fourth-order valence-corrected chi connectivity index (χ4v) is 4.14. The number of carbonyl (C=O) groups is 6. The average molecular weight is 755 g/mol. The van der Waals surface area contributed by atoms with Crippen LogP contribution in [0.2, 0.25) is 0 Å². The van der Waals surface area contributed by atoms with Crippen molar-refractivity contribution in [3.8, 4) is 0 Å². The molecule has 0 spiro atoms. The summed E-state index contributed by atoms with van der Waals surface area (Å²) in [5, 5.41) is 18.2. The first-order valence-corrected chi connectivity index (χ1v) is 17.1. The molecule has 0 radical (unpaired) electrons. The number of carboxylic acids is 1. The number of amides is 6. The number of benzene rings is 2. The molecular formula is C38H54N6O10. The van der Waals surface area contributed by atoms with E-state index in [1.807, 2.05) is 60.7 Å². The molecular weight excluding hydrogens is 700 g/mol. The zero-order valence-electron chi connectivity index (χ0n) is 32.2. The number of hydrogen-bond acceptors (Lipinski definition) is 9. The van der Waals surface area contributed by atoms with Gasteiger partial charge in [-0.05, 0) is 59.6 Å². The predicted octanol–water partition coefficient (Wildman–Crippen LogP) is 5.72. The molecule has 54 heavy (non-hydrogen) atoms. The molecule has 0 aliphatic rings. The lowest BCUT2D eigenvalue weighted by atomic mass is 10.2. The van der Waals surface area contributed by atoms with Crippen LogP contribution in [0, 0.1) is 0 Å². The van der Waals surface area contributed by atoms with Crippen molar-refractivity contribution in [1.29, 1.82) is 0 Å². The first-order chi connectivity index (χ1) is 25.3. The Hall–Kier alpha value is -6.06. The van der Waals surface area contributed by atoms with Crippen molar-refractivity contribution in [1.82, 2.24) is 30.7 Å². The van der Waals surface area contributed by atoms with Crippen LogP contribution in [0.5, 0.6) is 0 Å². The van der Waals surface area contributed by atoms with E-state index in [-0.39, 0.29) is 32.8 Å². The molecule has 16 heteroatoms. The van der Waals surface area contributed by atoms with Crippen LogP contribution in [-0.2, 0) is 36.9 Å². The maximum atomic E-state index is 12.7. The van der Waals surface area contributed by atoms with E-state index in [9.17, 15) is 28.8 Å². The third-order valence-corrected chi connectivity index (χ3v) is 6.31. The van der Waals surface area contributed by atoms with Gasteiger partial charge in [-0.2, -0.15) is 0 Å². The minimum atomic E-state index is -1.28. The minimum Gasteiger partial charge on any atom is -0.480 e. The molecule has 0 aliphatic heterocycles. The number of aliphatic carboxylic acids is 1. The molecule has 0 unspecified atom stereocenters.